The van der Waals surface area contributed by atoms with E-state index in [9.17, 15) is 32.3 Å². The Hall–Kier alpha value is -4.95. The van der Waals surface area contributed by atoms with Crippen molar-refractivity contribution in [3.8, 4) is 5.69 Å². The minimum atomic E-state index is -4.60. The lowest BCUT2D eigenvalue weighted by Gasteiger charge is -2.17. The zero-order valence-corrected chi connectivity index (χ0v) is 25.2. The number of nitrogens with zero attached hydrogens (tertiary/aromatic N) is 4. The molecule has 1 aromatic heterocycles. The maximum Gasteiger partial charge on any atom is 0.416 e. The van der Waals surface area contributed by atoms with Crippen LogP contribution in [0.15, 0.2) is 88.6 Å². The van der Waals surface area contributed by atoms with E-state index in [1.807, 2.05) is 6.07 Å². The minimum Gasteiger partial charge on any atom is -0.325 e. The molecule has 45 heavy (non-hydrogen) atoms. The van der Waals surface area contributed by atoms with Gasteiger partial charge in [0.15, 0.2) is 4.32 Å². The van der Waals surface area contributed by atoms with Crippen LogP contribution in [0.1, 0.15) is 16.8 Å². The van der Waals surface area contributed by atoms with Crippen LogP contribution in [0.2, 0.25) is 0 Å². The van der Waals surface area contributed by atoms with E-state index in [0.717, 1.165) is 39.8 Å². The summed E-state index contributed by atoms with van der Waals surface area (Å²) < 4.78 is 42.5. The number of nitrogens with one attached hydrogen (secondary N) is 1. The highest BCUT2D eigenvalue weighted by atomic mass is 32.2. The number of aromatic nitrogens is 2. The van der Waals surface area contributed by atoms with Crippen molar-refractivity contribution >= 4 is 68.7 Å². The number of para-hydroxylation sites is 2. The monoisotopic (exact) mass is 649 g/mol. The smallest absolute Gasteiger partial charge is 0.325 e. The maximum atomic E-state index is 14.0. The van der Waals surface area contributed by atoms with Crippen LogP contribution in [0.25, 0.3) is 11.3 Å². The van der Waals surface area contributed by atoms with Gasteiger partial charge in [-0.3, -0.25) is 33.7 Å². The predicted molar refractivity (Wildman–Crippen MR) is 169 cm³/mol. The third kappa shape index (κ3) is 5.15. The van der Waals surface area contributed by atoms with Gasteiger partial charge in [-0.25, -0.2) is 4.68 Å². The van der Waals surface area contributed by atoms with E-state index in [4.69, 9.17) is 12.2 Å². The summed E-state index contributed by atoms with van der Waals surface area (Å²) in [5.74, 6) is -2.07. The quantitative estimate of drug-likeness (QED) is 0.234. The Morgan fingerprint density at radius 1 is 0.933 bits per heavy atom. The van der Waals surface area contributed by atoms with Crippen LogP contribution < -0.4 is 20.7 Å². The number of hydrogen-bond donors (Lipinski definition) is 1. The molecule has 3 aromatic carbocycles. The topological polar surface area (TPSA) is 96.7 Å². The molecule has 3 amide bonds. The number of amides is 3. The molecule has 0 bridgehead atoms. The van der Waals surface area contributed by atoms with Gasteiger partial charge in [0.05, 0.1) is 33.1 Å². The highest BCUT2D eigenvalue weighted by Crippen LogP contribution is 2.45. The van der Waals surface area contributed by atoms with Crippen molar-refractivity contribution in [2.75, 3.05) is 21.7 Å². The molecule has 14 heteroatoms. The van der Waals surface area contributed by atoms with Gasteiger partial charge in [0.1, 0.15) is 12.2 Å². The Labute approximate surface area is 263 Å². The first-order chi connectivity index (χ1) is 21.4. The van der Waals surface area contributed by atoms with Gasteiger partial charge in [-0.1, -0.05) is 66.4 Å². The van der Waals surface area contributed by atoms with Crippen LogP contribution in [0, 0.1) is 6.92 Å². The maximum absolute atomic E-state index is 14.0. The van der Waals surface area contributed by atoms with Gasteiger partial charge in [-0.2, -0.15) is 13.2 Å². The van der Waals surface area contributed by atoms with Crippen LogP contribution >= 0.6 is 24.0 Å². The van der Waals surface area contributed by atoms with E-state index < -0.39 is 41.6 Å². The molecule has 2 aliphatic heterocycles. The molecule has 0 radical (unpaired) electrons. The molecule has 1 saturated heterocycles. The van der Waals surface area contributed by atoms with Gasteiger partial charge in [-0.15, -0.1) is 0 Å². The average Bonchev–Trinajstić information content (AvgIpc) is 3.52. The molecule has 1 N–H and O–H groups in total. The normalized spacial score (nSPS) is 16.5. The molecule has 6 rings (SSSR count). The zero-order chi connectivity index (χ0) is 32.2. The standard InChI is InChI=1S/C31H22F3N5O4S2/c1-17-25(28(42)39(36(17)2)20-11-4-3-5-12-20)38-29(43)26(45-30(38)44)24-21-13-6-7-14-22(21)37(27(24)41)16-23(40)35-19-10-8-9-18(15-19)31(32,33)34/h3-15H,16H2,1-2H3,(H,35,40). The highest BCUT2D eigenvalue weighted by Gasteiger charge is 2.44. The van der Waals surface area contributed by atoms with Gasteiger partial charge in [0.25, 0.3) is 17.4 Å². The number of alkyl halides is 3. The van der Waals surface area contributed by atoms with E-state index >= 15 is 0 Å². The number of thiocarbonyl (C=S) groups is 1. The fourth-order valence-corrected chi connectivity index (χ4v) is 6.64. The minimum absolute atomic E-state index is 0.00727. The lowest BCUT2D eigenvalue weighted by atomic mass is 10.1. The highest BCUT2D eigenvalue weighted by molar-refractivity contribution is 8.27. The SMILES string of the molecule is Cc1c(N2C(=O)C(=C3C(=O)N(CC(=O)Nc4cccc(C(F)(F)F)c4)c4ccccc43)SC2=S)c(=O)n(-c2ccccc2)n1C. The molecule has 0 spiro atoms. The number of halogens is 3. The lowest BCUT2D eigenvalue weighted by Crippen LogP contribution is -2.36. The van der Waals surface area contributed by atoms with Gasteiger partial charge in [-0.05, 0) is 43.3 Å². The number of hydrogen-bond acceptors (Lipinski definition) is 6. The van der Waals surface area contributed by atoms with Crippen molar-refractivity contribution in [3.63, 3.8) is 0 Å². The summed E-state index contributed by atoms with van der Waals surface area (Å²) in [6.45, 7) is 1.15. The van der Waals surface area contributed by atoms with E-state index in [1.54, 1.807) is 67.2 Å². The Morgan fingerprint density at radius 2 is 1.62 bits per heavy atom. The number of carbonyl (C=O) groups excluding carboxylic acids is 3. The first-order valence-corrected chi connectivity index (χ1v) is 14.6. The Morgan fingerprint density at radius 3 is 2.33 bits per heavy atom. The van der Waals surface area contributed by atoms with Gasteiger partial charge >= 0.3 is 6.18 Å². The first-order valence-electron chi connectivity index (χ1n) is 13.4. The second kappa shape index (κ2) is 11.2. The van der Waals surface area contributed by atoms with Gasteiger partial charge < -0.3 is 5.32 Å². The molecule has 1 fully saturated rings. The average molecular weight is 650 g/mol. The third-order valence-corrected chi connectivity index (χ3v) is 8.81. The summed E-state index contributed by atoms with van der Waals surface area (Å²) in [5, 5.41) is 2.41. The second-order valence-electron chi connectivity index (χ2n) is 10.2. The van der Waals surface area contributed by atoms with E-state index in [1.165, 1.54) is 10.7 Å². The number of rotatable bonds is 5. The fourth-order valence-electron chi connectivity index (χ4n) is 5.30. The molecule has 0 atom stereocenters. The largest absolute Gasteiger partial charge is 0.416 e. The zero-order valence-electron chi connectivity index (χ0n) is 23.6. The molecule has 228 valence electrons. The summed E-state index contributed by atoms with van der Waals surface area (Å²) in [6, 6.07) is 19.6. The third-order valence-electron chi connectivity index (χ3n) is 7.44. The Bertz CT molecular complexity index is 2020. The lowest BCUT2D eigenvalue weighted by molar-refractivity contribution is -0.137. The molecular weight excluding hydrogens is 627 g/mol. The number of benzene rings is 3. The summed E-state index contributed by atoms with van der Waals surface area (Å²) in [5.41, 5.74) is 0.330. The van der Waals surface area contributed by atoms with Crippen LogP contribution in [-0.2, 0) is 27.6 Å². The molecular formula is C31H22F3N5O4S2. The Kier molecular flexibility index (Phi) is 7.49. The molecule has 4 aromatic rings. The number of carbonyl (C=O) groups is 3. The van der Waals surface area contributed by atoms with Crippen LogP contribution in [-0.4, -0.2) is 38.0 Å². The van der Waals surface area contributed by atoms with E-state index in [-0.39, 0.29) is 26.2 Å². The van der Waals surface area contributed by atoms with Crippen molar-refractivity contribution < 1.29 is 27.6 Å². The van der Waals surface area contributed by atoms with Gasteiger partial charge in [0.2, 0.25) is 5.91 Å². The molecule has 2 aliphatic rings. The van der Waals surface area contributed by atoms with Crippen molar-refractivity contribution in [3.05, 3.63) is 111 Å². The Balaban J connectivity index is 1.34. The predicted octanol–water partition coefficient (Wildman–Crippen LogP) is 5.26. The van der Waals surface area contributed by atoms with E-state index in [2.05, 4.69) is 5.32 Å². The molecule has 0 aliphatic carbocycles. The fraction of sp³-hybridized carbons (Fsp3) is 0.129. The summed E-state index contributed by atoms with van der Waals surface area (Å²) in [6.07, 6.45) is -4.60. The van der Waals surface area contributed by atoms with Crippen molar-refractivity contribution in [2.45, 2.75) is 13.1 Å². The van der Waals surface area contributed by atoms with E-state index in [0.29, 0.717) is 22.6 Å². The molecule has 3 heterocycles. The van der Waals surface area contributed by atoms with Crippen LogP contribution in [0.3, 0.4) is 0 Å². The van der Waals surface area contributed by atoms with Crippen LogP contribution in [0.4, 0.5) is 30.2 Å². The summed E-state index contributed by atoms with van der Waals surface area (Å²) in [4.78, 5) is 56.7. The molecule has 0 saturated carbocycles. The van der Waals surface area contributed by atoms with Crippen molar-refractivity contribution in [1.82, 2.24) is 9.36 Å². The second-order valence-corrected chi connectivity index (χ2v) is 11.8. The number of fused-ring (bicyclic) bond motifs is 1. The summed E-state index contributed by atoms with van der Waals surface area (Å²) >= 11 is 6.43. The van der Waals surface area contributed by atoms with Crippen molar-refractivity contribution in [1.29, 1.82) is 0 Å². The summed E-state index contributed by atoms with van der Waals surface area (Å²) in [7, 11) is 1.68. The number of thioether (sulfide) groups is 1. The molecule has 9 nitrogen and oxygen atoms in total. The van der Waals surface area contributed by atoms with Crippen molar-refractivity contribution in [2.24, 2.45) is 7.05 Å². The number of anilines is 3. The van der Waals surface area contributed by atoms with Crippen LogP contribution in [0.5, 0.6) is 0 Å². The van der Waals surface area contributed by atoms with Gasteiger partial charge in [0, 0.05) is 18.3 Å². The molecule has 0 unspecified atom stereocenters. The first kappa shape index (κ1) is 30.1.